The van der Waals surface area contributed by atoms with Crippen LogP contribution in [0.3, 0.4) is 0 Å². The zero-order valence-corrected chi connectivity index (χ0v) is 15.8. The van der Waals surface area contributed by atoms with Crippen LogP contribution < -0.4 is 16.1 Å². The average Bonchev–Trinajstić information content (AvgIpc) is 2.98. The van der Waals surface area contributed by atoms with Crippen molar-refractivity contribution in [1.82, 2.24) is 10.2 Å². The summed E-state index contributed by atoms with van der Waals surface area (Å²) in [5, 5.41) is 9.90. The number of benzene rings is 2. The molecule has 1 amide bonds. The van der Waals surface area contributed by atoms with E-state index in [1.54, 1.807) is 0 Å². The summed E-state index contributed by atoms with van der Waals surface area (Å²) in [6.07, 6.45) is 1.73. The second-order valence-electron chi connectivity index (χ2n) is 7.18. The van der Waals surface area contributed by atoms with Crippen molar-refractivity contribution in [3.8, 4) is 0 Å². The van der Waals surface area contributed by atoms with Gasteiger partial charge in [0.25, 0.3) is 0 Å². The predicted molar refractivity (Wildman–Crippen MR) is 106 cm³/mol. The maximum absolute atomic E-state index is 13.4. The number of aryl methyl sites for hydroxylation is 1. The number of anilines is 1. The number of rotatable bonds is 3. The first-order chi connectivity index (χ1) is 13.2. The minimum Gasteiger partial charge on any atom is -0.339 e. The molecular weight excluding hydrogens is 340 g/mol. The third-order valence-electron chi connectivity index (χ3n) is 5.51. The van der Waals surface area contributed by atoms with Crippen LogP contribution in [0.1, 0.15) is 24.0 Å². The zero-order chi connectivity index (χ0) is 19.3. The average molecular weight is 368 g/mol. The molecule has 0 unspecified atom stereocenters. The van der Waals surface area contributed by atoms with E-state index in [2.05, 4.69) is 71.6 Å². The van der Waals surface area contributed by atoms with Crippen LogP contribution in [-0.4, -0.2) is 41.3 Å². The fraction of sp³-hybridized carbons (Fsp3) is 0.381. The highest BCUT2D eigenvalue weighted by atomic mass is 16.4. The highest BCUT2D eigenvalue weighted by Gasteiger charge is 2.52. The molecule has 4 N–H and O–H groups in total. The lowest BCUT2D eigenvalue weighted by Gasteiger charge is -2.40. The Labute approximate surface area is 160 Å². The van der Waals surface area contributed by atoms with E-state index in [9.17, 15) is 4.79 Å². The van der Waals surface area contributed by atoms with Crippen molar-refractivity contribution in [2.45, 2.75) is 31.8 Å². The Morgan fingerprint density at radius 3 is 2.30 bits per heavy atom. The van der Waals surface area contributed by atoms with Crippen molar-refractivity contribution in [3.05, 3.63) is 65.7 Å². The van der Waals surface area contributed by atoms with Crippen LogP contribution in [0.15, 0.2) is 54.6 Å². The highest BCUT2D eigenvalue weighted by molar-refractivity contribution is 5.93. The highest BCUT2D eigenvalue weighted by Crippen LogP contribution is 2.38. The smallest absolute Gasteiger partial charge is 0.250 e. The van der Waals surface area contributed by atoms with Gasteiger partial charge < -0.3 is 20.3 Å². The monoisotopic (exact) mass is 368 g/mol. The van der Waals surface area contributed by atoms with Gasteiger partial charge in [0, 0.05) is 12.2 Å². The number of hydrogen-bond donors (Lipinski definition) is 3. The number of nitrogens with one attached hydrogen (secondary N) is 1. The van der Waals surface area contributed by atoms with E-state index in [-0.39, 0.29) is 5.91 Å². The Kier molecular flexibility index (Phi) is 6.11. The molecule has 0 aliphatic carbocycles. The number of para-hydroxylation sites is 1. The third kappa shape index (κ3) is 3.83. The molecule has 0 bridgehead atoms. The quantitative estimate of drug-likeness (QED) is 0.724. The molecule has 2 heterocycles. The molecule has 2 fully saturated rings. The van der Waals surface area contributed by atoms with Crippen LogP contribution >= 0.6 is 0 Å². The molecule has 27 heavy (non-hydrogen) atoms. The van der Waals surface area contributed by atoms with Crippen LogP contribution in [0, 0.1) is 6.92 Å². The Morgan fingerprint density at radius 2 is 1.67 bits per heavy atom. The van der Waals surface area contributed by atoms with Crippen molar-refractivity contribution in [2.24, 2.45) is 5.90 Å². The van der Waals surface area contributed by atoms with Gasteiger partial charge in [-0.15, -0.1) is 0 Å². The summed E-state index contributed by atoms with van der Waals surface area (Å²) in [5.41, 5.74) is 3.19. The topological polar surface area (TPSA) is 81.8 Å². The standard InChI is InChI=1S/C21H25N3O.H3NO/c1-17-7-9-18(10-8-17)15-23-16-24(19-5-3-2-4-6-19)21(20(23)25)11-13-22-14-12-21;1-2/h2-10,22H,11-16H2,1H3;2H,1H2. The van der Waals surface area contributed by atoms with Crippen LogP contribution in [0.2, 0.25) is 0 Å². The Bertz CT molecular complexity index is 743. The first-order valence-corrected chi connectivity index (χ1v) is 9.33. The molecule has 2 saturated heterocycles. The number of hydrogen-bond acceptors (Lipinski definition) is 5. The van der Waals surface area contributed by atoms with E-state index in [0.29, 0.717) is 13.2 Å². The molecule has 0 aromatic heterocycles. The predicted octanol–water partition coefficient (Wildman–Crippen LogP) is 2.26. The normalized spacial score (nSPS) is 18.4. The van der Waals surface area contributed by atoms with Gasteiger partial charge >= 0.3 is 0 Å². The van der Waals surface area contributed by atoms with Gasteiger partial charge in [-0.25, -0.2) is 5.90 Å². The summed E-state index contributed by atoms with van der Waals surface area (Å²) >= 11 is 0. The maximum Gasteiger partial charge on any atom is 0.250 e. The fourth-order valence-corrected chi connectivity index (χ4v) is 4.08. The van der Waals surface area contributed by atoms with Gasteiger partial charge in [0.1, 0.15) is 5.54 Å². The van der Waals surface area contributed by atoms with E-state index in [1.165, 1.54) is 11.1 Å². The van der Waals surface area contributed by atoms with Crippen molar-refractivity contribution in [3.63, 3.8) is 0 Å². The molecule has 4 rings (SSSR count). The summed E-state index contributed by atoms with van der Waals surface area (Å²) in [6.45, 7) is 5.22. The lowest BCUT2D eigenvalue weighted by molar-refractivity contribution is -0.133. The molecule has 0 radical (unpaired) electrons. The van der Waals surface area contributed by atoms with Gasteiger partial charge in [-0.05, 0) is 50.6 Å². The Balaban J connectivity index is 0.00000102. The van der Waals surface area contributed by atoms with Gasteiger partial charge in [0.2, 0.25) is 5.91 Å². The molecular formula is C21H28N4O2. The largest absolute Gasteiger partial charge is 0.339 e. The maximum atomic E-state index is 13.4. The molecule has 0 atom stereocenters. The molecule has 6 heteroatoms. The van der Waals surface area contributed by atoms with Gasteiger partial charge in [-0.2, -0.15) is 0 Å². The number of nitrogens with zero attached hydrogens (tertiary/aromatic N) is 2. The molecule has 2 aliphatic heterocycles. The second-order valence-corrected chi connectivity index (χ2v) is 7.18. The van der Waals surface area contributed by atoms with Crippen molar-refractivity contribution >= 4 is 11.6 Å². The van der Waals surface area contributed by atoms with E-state index in [4.69, 9.17) is 5.21 Å². The lowest BCUT2D eigenvalue weighted by atomic mass is 9.86. The Hall–Kier alpha value is -2.41. The summed E-state index contributed by atoms with van der Waals surface area (Å²) in [4.78, 5) is 17.7. The number of nitrogens with two attached hydrogens (primary N) is 1. The van der Waals surface area contributed by atoms with Crippen LogP contribution in [-0.2, 0) is 11.3 Å². The number of amides is 1. The van der Waals surface area contributed by atoms with Gasteiger partial charge in [0.15, 0.2) is 0 Å². The molecule has 2 aliphatic rings. The van der Waals surface area contributed by atoms with Crippen LogP contribution in [0.5, 0.6) is 0 Å². The third-order valence-corrected chi connectivity index (χ3v) is 5.51. The molecule has 144 valence electrons. The SMILES string of the molecule is Cc1ccc(CN2CN(c3ccccc3)C3(CCNCC3)C2=O)cc1.NO. The van der Waals surface area contributed by atoms with Crippen molar-refractivity contribution in [2.75, 3.05) is 24.7 Å². The fourth-order valence-electron chi connectivity index (χ4n) is 4.08. The van der Waals surface area contributed by atoms with E-state index in [0.717, 1.165) is 31.6 Å². The molecule has 1 spiro atoms. The molecule has 2 aromatic carbocycles. The van der Waals surface area contributed by atoms with Gasteiger partial charge in [-0.1, -0.05) is 48.0 Å². The van der Waals surface area contributed by atoms with Gasteiger partial charge in [-0.3, -0.25) is 4.79 Å². The summed E-state index contributed by atoms with van der Waals surface area (Å²) in [6, 6.07) is 18.9. The minimum atomic E-state index is -0.392. The first kappa shape index (κ1) is 19.4. The van der Waals surface area contributed by atoms with Gasteiger partial charge in [0.05, 0.1) is 6.67 Å². The molecule has 0 saturated carbocycles. The number of carbonyl (C=O) groups excluding carboxylic acids is 1. The van der Waals surface area contributed by atoms with E-state index >= 15 is 0 Å². The van der Waals surface area contributed by atoms with Crippen molar-refractivity contribution < 1.29 is 10.0 Å². The summed E-state index contributed by atoms with van der Waals surface area (Å²) < 4.78 is 0. The number of carbonyl (C=O) groups is 1. The Morgan fingerprint density at radius 1 is 1.04 bits per heavy atom. The van der Waals surface area contributed by atoms with E-state index in [1.807, 2.05) is 11.0 Å². The summed E-state index contributed by atoms with van der Waals surface area (Å²) in [7, 11) is 0. The van der Waals surface area contributed by atoms with Crippen LogP contribution in [0.25, 0.3) is 0 Å². The zero-order valence-electron chi connectivity index (χ0n) is 15.8. The number of piperidine rings is 1. The lowest BCUT2D eigenvalue weighted by Crippen LogP contribution is -2.55. The molecule has 2 aromatic rings. The first-order valence-electron chi connectivity index (χ1n) is 9.33. The minimum absolute atomic E-state index is 0.276. The van der Waals surface area contributed by atoms with Crippen LogP contribution in [0.4, 0.5) is 5.69 Å². The molecule has 6 nitrogen and oxygen atoms in total. The van der Waals surface area contributed by atoms with Crippen molar-refractivity contribution in [1.29, 1.82) is 0 Å². The van der Waals surface area contributed by atoms with E-state index < -0.39 is 5.54 Å². The second kappa shape index (κ2) is 8.52. The summed E-state index contributed by atoms with van der Waals surface area (Å²) in [5.74, 6) is 3.78.